The molecule has 25 heavy (non-hydrogen) atoms. The molecule has 2 aromatic rings. The quantitative estimate of drug-likeness (QED) is 0.743. The fourth-order valence-electron chi connectivity index (χ4n) is 2.47. The number of carbonyl (C=O) groups is 1. The molecular formula is C15H16ClFN4O3S. The molecule has 0 spiro atoms. The van der Waals surface area contributed by atoms with Crippen LogP contribution in [0.15, 0.2) is 28.2 Å². The Morgan fingerprint density at radius 1 is 1.56 bits per heavy atom. The molecule has 7 nitrogen and oxygen atoms in total. The molecule has 1 amide bonds. The van der Waals surface area contributed by atoms with E-state index in [9.17, 15) is 14.0 Å². The van der Waals surface area contributed by atoms with E-state index in [1.807, 2.05) is 0 Å². The van der Waals surface area contributed by atoms with E-state index in [1.165, 1.54) is 22.8 Å². The van der Waals surface area contributed by atoms with Gasteiger partial charge in [0, 0.05) is 12.3 Å². The Morgan fingerprint density at radius 3 is 3.12 bits per heavy atom. The number of benzene rings is 1. The number of nitrogens with zero attached hydrogens (tertiary/aromatic N) is 2. The molecule has 3 rings (SSSR count). The van der Waals surface area contributed by atoms with E-state index in [0.717, 1.165) is 24.6 Å². The van der Waals surface area contributed by atoms with E-state index in [-0.39, 0.29) is 28.5 Å². The van der Waals surface area contributed by atoms with Gasteiger partial charge in [-0.15, -0.1) is 5.10 Å². The van der Waals surface area contributed by atoms with Crippen LogP contribution < -0.4 is 11.0 Å². The van der Waals surface area contributed by atoms with Crippen molar-refractivity contribution in [3.05, 3.63) is 39.5 Å². The molecule has 1 atom stereocenters. The SMILES string of the molecule is O=C(CSc1n[nH]c(=O)n1C[C@@H]1CCCO1)Nc1ccc(F)c(Cl)c1. The Bertz CT molecular complexity index is 819. The number of anilines is 1. The highest BCUT2D eigenvalue weighted by atomic mass is 35.5. The minimum absolute atomic E-state index is 0.00941. The number of halogens is 2. The first-order valence-electron chi connectivity index (χ1n) is 7.67. The fraction of sp³-hybridized carbons (Fsp3) is 0.400. The first-order valence-corrected chi connectivity index (χ1v) is 9.04. The van der Waals surface area contributed by atoms with Crippen LogP contribution in [-0.2, 0) is 16.1 Å². The summed E-state index contributed by atoms with van der Waals surface area (Å²) in [5.74, 6) is -0.819. The summed E-state index contributed by atoms with van der Waals surface area (Å²) in [6, 6.07) is 3.94. The number of hydrogen-bond donors (Lipinski definition) is 2. The normalized spacial score (nSPS) is 17.0. The number of ether oxygens (including phenoxy) is 1. The largest absolute Gasteiger partial charge is 0.376 e. The molecule has 1 aromatic carbocycles. The lowest BCUT2D eigenvalue weighted by atomic mass is 10.2. The summed E-state index contributed by atoms with van der Waals surface area (Å²) in [5.41, 5.74) is 0.0690. The van der Waals surface area contributed by atoms with Crippen LogP contribution in [0.1, 0.15) is 12.8 Å². The molecule has 1 fully saturated rings. The number of nitrogens with one attached hydrogen (secondary N) is 2. The molecule has 2 N–H and O–H groups in total. The highest BCUT2D eigenvalue weighted by Crippen LogP contribution is 2.21. The van der Waals surface area contributed by atoms with Crippen molar-refractivity contribution in [1.29, 1.82) is 0 Å². The van der Waals surface area contributed by atoms with Gasteiger partial charge in [0.25, 0.3) is 0 Å². The Balaban J connectivity index is 1.58. The second-order valence-electron chi connectivity index (χ2n) is 5.52. The van der Waals surface area contributed by atoms with Crippen LogP contribution in [0.5, 0.6) is 0 Å². The van der Waals surface area contributed by atoms with Crippen molar-refractivity contribution in [1.82, 2.24) is 14.8 Å². The highest BCUT2D eigenvalue weighted by molar-refractivity contribution is 7.99. The summed E-state index contributed by atoms with van der Waals surface area (Å²) in [7, 11) is 0. The lowest BCUT2D eigenvalue weighted by molar-refractivity contribution is -0.113. The molecule has 0 bridgehead atoms. The predicted molar refractivity (Wildman–Crippen MR) is 92.6 cm³/mol. The van der Waals surface area contributed by atoms with Gasteiger partial charge in [0.05, 0.1) is 23.4 Å². The van der Waals surface area contributed by atoms with Crippen LogP contribution >= 0.6 is 23.4 Å². The minimum Gasteiger partial charge on any atom is -0.376 e. The van der Waals surface area contributed by atoms with E-state index in [1.54, 1.807) is 0 Å². The maximum absolute atomic E-state index is 13.1. The predicted octanol–water partition coefficient (Wildman–Crippen LogP) is 2.27. The zero-order chi connectivity index (χ0) is 17.8. The van der Waals surface area contributed by atoms with Gasteiger partial charge in [-0.05, 0) is 31.0 Å². The molecule has 1 saturated heterocycles. The summed E-state index contributed by atoms with van der Waals surface area (Å²) in [5, 5.41) is 9.31. The molecule has 1 aliphatic heterocycles. The van der Waals surface area contributed by atoms with Gasteiger partial charge in [-0.2, -0.15) is 0 Å². The van der Waals surface area contributed by atoms with Gasteiger partial charge < -0.3 is 10.1 Å². The second-order valence-corrected chi connectivity index (χ2v) is 6.87. The number of aromatic amines is 1. The molecule has 0 radical (unpaired) electrons. The molecule has 2 heterocycles. The molecule has 0 unspecified atom stereocenters. The van der Waals surface area contributed by atoms with Gasteiger partial charge in [-0.1, -0.05) is 23.4 Å². The van der Waals surface area contributed by atoms with Gasteiger partial charge in [-0.25, -0.2) is 14.3 Å². The molecular weight excluding hydrogens is 371 g/mol. The Kier molecular flexibility index (Phi) is 5.77. The van der Waals surface area contributed by atoms with E-state index in [4.69, 9.17) is 16.3 Å². The second kappa shape index (κ2) is 8.03. The molecule has 134 valence electrons. The first kappa shape index (κ1) is 18.0. The van der Waals surface area contributed by atoms with Gasteiger partial charge in [0.15, 0.2) is 5.16 Å². The number of H-pyrrole nitrogens is 1. The van der Waals surface area contributed by atoms with Gasteiger partial charge >= 0.3 is 5.69 Å². The standard InChI is InChI=1S/C15H16ClFN4O3S/c16-11-6-9(3-4-12(11)17)18-13(22)8-25-15-20-19-14(23)21(15)7-10-2-1-5-24-10/h3-4,6,10H,1-2,5,7-8H2,(H,18,22)(H,19,23)/t10-/m0/s1. The third-order valence-electron chi connectivity index (χ3n) is 3.67. The van der Waals surface area contributed by atoms with Crippen molar-refractivity contribution < 1.29 is 13.9 Å². The van der Waals surface area contributed by atoms with Gasteiger partial charge in [-0.3, -0.25) is 9.36 Å². The van der Waals surface area contributed by atoms with Crippen LogP contribution in [0.25, 0.3) is 0 Å². The number of thioether (sulfide) groups is 1. The van der Waals surface area contributed by atoms with Crippen molar-refractivity contribution in [3.63, 3.8) is 0 Å². The zero-order valence-electron chi connectivity index (χ0n) is 13.1. The van der Waals surface area contributed by atoms with Crippen LogP contribution in [0.2, 0.25) is 5.02 Å². The first-order chi connectivity index (χ1) is 12.0. The number of rotatable bonds is 6. The monoisotopic (exact) mass is 386 g/mol. The molecule has 0 aliphatic carbocycles. The van der Waals surface area contributed by atoms with Gasteiger partial charge in [0.1, 0.15) is 5.82 Å². The molecule has 10 heteroatoms. The Labute approximate surface area is 151 Å². The number of amides is 1. The van der Waals surface area contributed by atoms with E-state index in [0.29, 0.717) is 24.0 Å². The maximum Gasteiger partial charge on any atom is 0.344 e. The lowest BCUT2D eigenvalue weighted by Crippen LogP contribution is -2.25. The molecule has 1 aliphatic rings. The average Bonchev–Trinajstić information content (AvgIpc) is 3.21. The van der Waals surface area contributed by atoms with E-state index in [2.05, 4.69) is 15.5 Å². The van der Waals surface area contributed by atoms with Crippen LogP contribution in [-0.4, -0.2) is 39.1 Å². The van der Waals surface area contributed by atoms with Crippen molar-refractivity contribution in [2.24, 2.45) is 0 Å². The van der Waals surface area contributed by atoms with E-state index < -0.39 is 5.82 Å². The maximum atomic E-state index is 13.1. The molecule has 0 saturated carbocycles. The average molecular weight is 387 g/mol. The number of hydrogen-bond acceptors (Lipinski definition) is 5. The van der Waals surface area contributed by atoms with Crippen LogP contribution in [0.3, 0.4) is 0 Å². The summed E-state index contributed by atoms with van der Waals surface area (Å²) < 4.78 is 20.1. The highest BCUT2D eigenvalue weighted by Gasteiger charge is 2.20. The van der Waals surface area contributed by atoms with Gasteiger partial charge in [0.2, 0.25) is 5.91 Å². The molecule has 1 aromatic heterocycles. The van der Waals surface area contributed by atoms with Crippen LogP contribution in [0.4, 0.5) is 10.1 Å². The Hall–Kier alpha value is -1.84. The van der Waals surface area contributed by atoms with Crippen LogP contribution in [0, 0.1) is 5.82 Å². The fourth-order valence-corrected chi connectivity index (χ4v) is 3.40. The topological polar surface area (TPSA) is 89.0 Å². The third-order valence-corrected chi connectivity index (χ3v) is 4.94. The summed E-state index contributed by atoms with van der Waals surface area (Å²) in [6.45, 7) is 1.11. The smallest absolute Gasteiger partial charge is 0.344 e. The zero-order valence-corrected chi connectivity index (χ0v) is 14.7. The number of aromatic nitrogens is 3. The van der Waals surface area contributed by atoms with Crippen molar-refractivity contribution >= 4 is 35.0 Å². The minimum atomic E-state index is -0.552. The van der Waals surface area contributed by atoms with Crippen molar-refractivity contribution in [3.8, 4) is 0 Å². The Morgan fingerprint density at radius 2 is 2.40 bits per heavy atom. The van der Waals surface area contributed by atoms with E-state index >= 15 is 0 Å². The summed E-state index contributed by atoms with van der Waals surface area (Å²) in [6.07, 6.45) is 1.86. The lowest BCUT2D eigenvalue weighted by Gasteiger charge is -2.11. The summed E-state index contributed by atoms with van der Waals surface area (Å²) in [4.78, 5) is 23.9. The van der Waals surface area contributed by atoms with Crippen molar-refractivity contribution in [2.75, 3.05) is 17.7 Å². The number of carbonyl (C=O) groups excluding carboxylic acids is 1. The van der Waals surface area contributed by atoms with Crippen molar-refractivity contribution in [2.45, 2.75) is 30.6 Å². The third kappa shape index (κ3) is 4.62. The summed E-state index contributed by atoms with van der Waals surface area (Å²) >= 11 is 6.81.